The van der Waals surface area contributed by atoms with Gasteiger partial charge in [-0.15, -0.1) is 0 Å². The maximum atomic E-state index is 10.9. The van der Waals surface area contributed by atoms with E-state index in [4.69, 9.17) is 14.6 Å². The molecule has 0 saturated carbocycles. The van der Waals surface area contributed by atoms with Crippen LogP contribution in [0.1, 0.15) is 36.8 Å². The maximum Gasteiger partial charge on any atom is 0.511 e. The summed E-state index contributed by atoms with van der Waals surface area (Å²) in [5.74, 6) is 0.288. The van der Waals surface area contributed by atoms with Gasteiger partial charge in [0.25, 0.3) is 0 Å². The van der Waals surface area contributed by atoms with Crippen molar-refractivity contribution in [2.45, 2.75) is 25.7 Å². The molecule has 0 fully saturated rings. The predicted molar refractivity (Wildman–Crippen MR) is 89.1 cm³/mol. The van der Waals surface area contributed by atoms with E-state index in [1.165, 1.54) is 0 Å². The number of rotatable bonds is 8. The number of carboxylic acid groups (broad SMARTS) is 1. The van der Waals surface area contributed by atoms with Crippen LogP contribution in [0.2, 0.25) is 0 Å². The van der Waals surface area contributed by atoms with E-state index >= 15 is 0 Å². The van der Waals surface area contributed by atoms with Gasteiger partial charge in [-0.1, -0.05) is 61.9 Å². The van der Waals surface area contributed by atoms with Crippen LogP contribution in [0.15, 0.2) is 54.6 Å². The lowest BCUT2D eigenvalue weighted by Crippen LogP contribution is -2.13. The molecule has 0 aromatic heterocycles. The molecule has 0 amide bonds. The largest absolute Gasteiger partial charge is 0.511 e. The van der Waals surface area contributed by atoms with Gasteiger partial charge in [-0.25, -0.2) is 4.79 Å². The zero-order valence-corrected chi connectivity index (χ0v) is 13.3. The van der Waals surface area contributed by atoms with Gasteiger partial charge in [0.2, 0.25) is 0 Å². The fraction of sp³-hybridized carbons (Fsp3) is 0.316. The Morgan fingerprint density at radius 3 is 2.48 bits per heavy atom. The molecule has 2 aromatic rings. The first-order valence-electron chi connectivity index (χ1n) is 7.84. The van der Waals surface area contributed by atoms with Crippen molar-refractivity contribution in [3.63, 3.8) is 0 Å². The normalized spacial score (nSPS) is 11.9. The maximum absolute atomic E-state index is 10.9. The summed E-state index contributed by atoms with van der Waals surface area (Å²) in [5.41, 5.74) is 1.89. The first kappa shape index (κ1) is 17.0. The number of unbranched alkanes of at least 4 members (excludes halogenated alkanes) is 1. The lowest BCUT2D eigenvalue weighted by atomic mass is 9.91. The molecule has 0 bridgehead atoms. The van der Waals surface area contributed by atoms with Gasteiger partial charge in [-0.05, 0) is 18.1 Å². The van der Waals surface area contributed by atoms with Gasteiger partial charge in [0.1, 0.15) is 5.75 Å². The highest BCUT2D eigenvalue weighted by molar-refractivity contribution is 5.62. The summed E-state index contributed by atoms with van der Waals surface area (Å²) in [6.45, 7) is 3.31. The SMILES string of the molecule is CCCCOCC(c1ccccc1)c1ccccc1OC(=O)O. The van der Waals surface area contributed by atoms with E-state index in [0.29, 0.717) is 19.0 Å². The van der Waals surface area contributed by atoms with Crippen molar-refractivity contribution in [1.29, 1.82) is 0 Å². The summed E-state index contributed by atoms with van der Waals surface area (Å²) >= 11 is 0. The highest BCUT2D eigenvalue weighted by Gasteiger charge is 2.19. The van der Waals surface area contributed by atoms with Crippen molar-refractivity contribution in [2.75, 3.05) is 13.2 Å². The Morgan fingerprint density at radius 1 is 1.09 bits per heavy atom. The van der Waals surface area contributed by atoms with E-state index in [1.807, 2.05) is 42.5 Å². The Kier molecular flexibility index (Phi) is 6.63. The van der Waals surface area contributed by atoms with Crippen LogP contribution in [0.25, 0.3) is 0 Å². The molecule has 1 atom stereocenters. The summed E-state index contributed by atoms with van der Waals surface area (Å²) < 4.78 is 10.7. The van der Waals surface area contributed by atoms with Crippen LogP contribution in [0.3, 0.4) is 0 Å². The van der Waals surface area contributed by atoms with Crippen molar-refractivity contribution < 1.29 is 19.4 Å². The topological polar surface area (TPSA) is 55.8 Å². The van der Waals surface area contributed by atoms with E-state index in [2.05, 4.69) is 6.92 Å². The monoisotopic (exact) mass is 314 g/mol. The highest BCUT2D eigenvalue weighted by Crippen LogP contribution is 2.32. The van der Waals surface area contributed by atoms with Crippen LogP contribution in [0.5, 0.6) is 5.75 Å². The average Bonchev–Trinajstić information content (AvgIpc) is 2.56. The van der Waals surface area contributed by atoms with E-state index in [-0.39, 0.29) is 5.92 Å². The molecule has 0 aliphatic carbocycles. The molecule has 0 saturated heterocycles. The zero-order valence-electron chi connectivity index (χ0n) is 13.3. The minimum absolute atomic E-state index is 0.0661. The molecule has 0 aliphatic rings. The number of benzene rings is 2. The Bertz CT molecular complexity index is 610. The second-order valence-electron chi connectivity index (χ2n) is 5.30. The van der Waals surface area contributed by atoms with Gasteiger partial charge >= 0.3 is 6.16 Å². The summed E-state index contributed by atoms with van der Waals surface area (Å²) in [4.78, 5) is 10.9. The van der Waals surface area contributed by atoms with Crippen LogP contribution >= 0.6 is 0 Å². The summed E-state index contributed by atoms with van der Waals surface area (Å²) in [7, 11) is 0. The quantitative estimate of drug-likeness (QED) is 0.436. The molecule has 0 spiro atoms. The third-order valence-electron chi connectivity index (χ3n) is 3.62. The molecule has 4 heteroatoms. The number of ether oxygens (including phenoxy) is 2. The fourth-order valence-electron chi connectivity index (χ4n) is 2.45. The van der Waals surface area contributed by atoms with Gasteiger partial charge in [0.05, 0.1) is 6.61 Å². The molecule has 122 valence electrons. The van der Waals surface area contributed by atoms with E-state index < -0.39 is 6.16 Å². The van der Waals surface area contributed by atoms with Crippen LogP contribution in [-0.4, -0.2) is 24.5 Å². The third-order valence-corrected chi connectivity index (χ3v) is 3.62. The summed E-state index contributed by atoms with van der Waals surface area (Å²) in [6.07, 6.45) is 0.778. The van der Waals surface area contributed by atoms with Crippen molar-refractivity contribution in [3.8, 4) is 5.75 Å². The minimum atomic E-state index is -1.31. The molecule has 1 N–H and O–H groups in total. The second-order valence-corrected chi connectivity index (χ2v) is 5.30. The Balaban J connectivity index is 2.28. The predicted octanol–water partition coefficient (Wildman–Crippen LogP) is 4.69. The highest BCUT2D eigenvalue weighted by atomic mass is 16.7. The summed E-state index contributed by atoms with van der Waals surface area (Å²) in [6, 6.07) is 17.1. The third kappa shape index (κ3) is 5.11. The molecular weight excluding hydrogens is 292 g/mol. The number of para-hydroxylation sites is 1. The van der Waals surface area contributed by atoms with Crippen molar-refractivity contribution >= 4 is 6.16 Å². The van der Waals surface area contributed by atoms with Crippen LogP contribution < -0.4 is 4.74 Å². The second kappa shape index (κ2) is 8.96. The van der Waals surface area contributed by atoms with Crippen LogP contribution in [-0.2, 0) is 4.74 Å². The smallest absolute Gasteiger partial charge is 0.449 e. The number of hydrogen-bond donors (Lipinski definition) is 1. The molecular formula is C19H22O4. The average molecular weight is 314 g/mol. The Labute approximate surface area is 136 Å². The van der Waals surface area contributed by atoms with Crippen LogP contribution in [0, 0.1) is 0 Å². The molecule has 4 nitrogen and oxygen atoms in total. The molecule has 2 aromatic carbocycles. The van der Waals surface area contributed by atoms with Crippen molar-refractivity contribution in [3.05, 3.63) is 65.7 Å². The fourth-order valence-corrected chi connectivity index (χ4v) is 2.45. The molecule has 0 radical (unpaired) electrons. The van der Waals surface area contributed by atoms with E-state index in [1.54, 1.807) is 12.1 Å². The van der Waals surface area contributed by atoms with Gasteiger partial charge < -0.3 is 14.6 Å². The molecule has 23 heavy (non-hydrogen) atoms. The molecule has 2 rings (SSSR count). The standard InChI is InChI=1S/C19H22O4/c1-2-3-13-22-14-17(15-9-5-4-6-10-15)16-11-7-8-12-18(16)23-19(20)21/h4-12,17H,2-3,13-14H2,1H3,(H,20,21). The minimum Gasteiger partial charge on any atom is -0.449 e. The number of carbonyl (C=O) groups is 1. The zero-order chi connectivity index (χ0) is 16.5. The number of hydrogen-bond acceptors (Lipinski definition) is 3. The van der Waals surface area contributed by atoms with Gasteiger partial charge in [0, 0.05) is 18.1 Å². The van der Waals surface area contributed by atoms with Gasteiger partial charge in [-0.3, -0.25) is 0 Å². The molecule has 1 unspecified atom stereocenters. The Hall–Kier alpha value is -2.33. The van der Waals surface area contributed by atoms with Crippen molar-refractivity contribution in [2.24, 2.45) is 0 Å². The van der Waals surface area contributed by atoms with Gasteiger partial charge in [-0.2, -0.15) is 0 Å². The lowest BCUT2D eigenvalue weighted by Gasteiger charge is -2.20. The van der Waals surface area contributed by atoms with Gasteiger partial charge in [0.15, 0.2) is 0 Å². The first-order valence-corrected chi connectivity index (χ1v) is 7.84. The van der Waals surface area contributed by atoms with E-state index in [0.717, 1.165) is 24.0 Å². The molecule has 0 aliphatic heterocycles. The summed E-state index contributed by atoms with van der Waals surface area (Å²) in [5, 5.41) is 8.94. The van der Waals surface area contributed by atoms with Crippen molar-refractivity contribution in [1.82, 2.24) is 0 Å². The Morgan fingerprint density at radius 2 is 1.78 bits per heavy atom. The van der Waals surface area contributed by atoms with Crippen LogP contribution in [0.4, 0.5) is 4.79 Å². The lowest BCUT2D eigenvalue weighted by molar-refractivity contribution is 0.122. The van der Waals surface area contributed by atoms with E-state index in [9.17, 15) is 4.79 Å². The molecule has 0 heterocycles. The first-order chi connectivity index (χ1) is 11.2.